The van der Waals surface area contributed by atoms with E-state index in [1.807, 2.05) is 6.07 Å². The Hall–Kier alpha value is -3.34. The van der Waals surface area contributed by atoms with Crippen molar-refractivity contribution in [2.24, 2.45) is 0 Å². The fourth-order valence-corrected chi connectivity index (χ4v) is 2.15. The quantitative estimate of drug-likeness (QED) is 0.740. The minimum Gasteiger partial charge on any atom is -0.452 e. The zero-order chi connectivity index (χ0) is 19.1. The second kappa shape index (κ2) is 8.67. The van der Waals surface area contributed by atoms with Crippen molar-refractivity contribution in [3.05, 3.63) is 65.5 Å². The number of amides is 1. The van der Waals surface area contributed by atoms with Gasteiger partial charge in [0, 0.05) is 12.6 Å². The van der Waals surface area contributed by atoms with Gasteiger partial charge in [-0.3, -0.25) is 4.79 Å². The van der Waals surface area contributed by atoms with Crippen LogP contribution in [0.4, 0.5) is 18.9 Å². The minimum atomic E-state index is -1.16. The standard InChI is InChI=1S/C18H13F3N2O3/c19-12-6-7-13(15(21)10-12)18(25)26-11-17(24)23(9-3-8-22)16-5-2-1-4-14(16)20/h1-2,4-7,10H,3,9,11H2. The second-order valence-electron chi connectivity index (χ2n) is 5.11. The van der Waals surface area contributed by atoms with Crippen LogP contribution >= 0.6 is 0 Å². The van der Waals surface area contributed by atoms with Gasteiger partial charge in [-0.2, -0.15) is 5.26 Å². The molecule has 2 aromatic carbocycles. The Labute approximate surface area is 147 Å². The monoisotopic (exact) mass is 362 g/mol. The van der Waals surface area contributed by atoms with Gasteiger partial charge in [0.05, 0.1) is 23.7 Å². The van der Waals surface area contributed by atoms with Gasteiger partial charge in [0.25, 0.3) is 5.91 Å². The summed E-state index contributed by atoms with van der Waals surface area (Å²) in [5, 5.41) is 8.69. The Morgan fingerprint density at radius 3 is 2.46 bits per heavy atom. The van der Waals surface area contributed by atoms with Gasteiger partial charge in [-0.1, -0.05) is 12.1 Å². The molecule has 1 amide bonds. The number of hydrogen-bond acceptors (Lipinski definition) is 4. The minimum absolute atomic E-state index is 0.0688. The summed E-state index contributed by atoms with van der Waals surface area (Å²) in [5.74, 6) is -4.63. The van der Waals surface area contributed by atoms with Gasteiger partial charge >= 0.3 is 5.97 Å². The number of ether oxygens (including phenoxy) is 1. The molecular weight excluding hydrogens is 349 g/mol. The molecule has 0 atom stereocenters. The van der Waals surface area contributed by atoms with E-state index in [2.05, 4.69) is 0 Å². The Morgan fingerprint density at radius 2 is 1.81 bits per heavy atom. The fourth-order valence-electron chi connectivity index (χ4n) is 2.15. The smallest absolute Gasteiger partial charge is 0.341 e. The van der Waals surface area contributed by atoms with Crippen LogP contribution in [0.15, 0.2) is 42.5 Å². The van der Waals surface area contributed by atoms with Gasteiger partial charge in [0.1, 0.15) is 17.5 Å². The lowest BCUT2D eigenvalue weighted by Gasteiger charge is -2.22. The maximum Gasteiger partial charge on any atom is 0.341 e. The first-order chi connectivity index (χ1) is 12.4. The molecule has 0 fully saturated rings. The maximum atomic E-state index is 13.9. The summed E-state index contributed by atoms with van der Waals surface area (Å²) in [5.41, 5.74) is -0.606. The van der Waals surface area contributed by atoms with Crippen molar-refractivity contribution in [1.29, 1.82) is 5.26 Å². The number of esters is 1. The summed E-state index contributed by atoms with van der Waals surface area (Å²) in [6.07, 6.45) is -0.0688. The lowest BCUT2D eigenvalue weighted by atomic mass is 10.2. The fraction of sp³-hybridized carbons (Fsp3) is 0.167. The summed E-state index contributed by atoms with van der Waals surface area (Å²) in [7, 11) is 0. The molecule has 2 aromatic rings. The summed E-state index contributed by atoms with van der Waals surface area (Å²) >= 11 is 0. The highest BCUT2D eigenvalue weighted by Gasteiger charge is 2.21. The number of carbonyl (C=O) groups excluding carboxylic acids is 2. The van der Waals surface area contributed by atoms with Crippen LogP contribution in [0.25, 0.3) is 0 Å². The van der Waals surface area contributed by atoms with E-state index in [9.17, 15) is 22.8 Å². The molecule has 0 aliphatic carbocycles. The second-order valence-corrected chi connectivity index (χ2v) is 5.11. The molecule has 5 nitrogen and oxygen atoms in total. The number of para-hydroxylation sites is 1. The third-order valence-corrected chi connectivity index (χ3v) is 3.37. The first-order valence-corrected chi connectivity index (χ1v) is 7.48. The highest BCUT2D eigenvalue weighted by atomic mass is 19.1. The summed E-state index contributed by atoms with van der Waals surface area (Å²) in [6, 6.07) is 9.53. The average molecular weight is 362 g/mol. The van der Waals surface area contributed by atoms with E-state index < -0.39 is 41.5 Å². The van der Waals surface area contributed by atoms with Crippen LogP contribution in [0, 0.1) is 28.8 Å². The molecule has 2 rings (SSSR count). The molecular formula is C18H13F3N2O3. The average Bonchev–Trinajstić information content (AvgIpc) is 2.61. The van der Waals surface area contributed by atoms with Crippen LogP contribution < -0.4 is 4.90 Å². The highest BCUT2D eigenvalue weighted by Crippen LogP contribution is 2.19. The molecule has 8 heteroatoms. The SMILES string of the molecule is N#CCCN(C(=O)COC(=O)c1ccc(F)cc1F)c1ccccc1F. The molecule has 0 bridgehead atoms. The molecule has 0 saturated heterocycles. The number of halogens is 3. The topological polar surface area (TPSA) is 70.4 Å². The van der Waals surface area contributed by atoms with Crippen molar-refractivity contribution in [1.82, 2.24) is 0 Å². The Kier molecular flexibility index (Phi) is 6.33. The van der Waals surface area contributed by atoms with E-state index in [0.717, 1.165) is 23.1 Å². The lowest BCUT2D eigenvalue weighted by molar-refractivity contribution is -0.121. The number of nitriles is 1. The predicted molar refractivity (Wildman–Crippen MR) is 85.6 cm³/mol. The van der Waals surface area contributed by atoms with E-state index in [1.165, 1.54) is 18.2 Å². The van der Waals surface area contributed by atoms with Crippen LogP contribution in [0.1, 0.15) is 16.8 Å². The van der Waals surface area contributed by atoms with Gasteiger partial charge < -0.3 is 9.64 Å². The Bertz CT molecular complexity index is 865. The van der Waals surface area contributed by atoms with Crippen molar-refractivity contribution >= 4 is 17.6 Å². The third-order valence-electron chi connectivity index (χ3n) is 3.37. The molecule has 0 radical (unpaired) electrons. The van der Waals surface area contributed by atoms with Crippen molar-refractivity contribution in [2.45, 2.75) is 6.42 Å². The van der Waals surface area contributed by atoms with Crippen LogP contribution in [-0.2, 0) is 9.53 Å². The largest absolute Gasteiger partial charge is 0.452 e. The Balaban J connectivity index is 2.11. The molecule has 0 aliphatic heterocycles. The predicted octanol–water partition coefficient (Wildman–Crippen LogP) is 3.21. The van der Waals surface area contributed by atoms with E-state index >= 15 is 0 Å². The molecule has 0 spiro atoms. The third kappa shape index (κ3) is 4.60. The van der Waals surface area contributed by atoms with Crippen molar-refractivity contribution in [3.63, 3.8) is 0 Å². The van der Waals surface area contributed by atoms with E-state index in [1.54, 1.807) is 0 Å². The number of benzene rings is 2. The van der Waals surface area contributed by atoms with Crippen molar-refractivity contribution < 1.29 is 27.5 Å². The van der Waals surface area contributed by atoms with Gasteiger partial charge in [-0.25, -0.2) is 18.0 Å². The number of nitrogens with zero attached hydrogens (tertiary/aromatic N) is 2. The van der Waals surface area contributed by atoms with E-state index in [4.69, 9.17) is 10.00 Å². The van der Waals surface area contributed by atoms with Crippen LogP contribution in [-0.4, -0.2) is 25.0 Å². The molecule has 134 valence electrons. The normalized spacial score (nSPS) is 10.1. The van der Waals surface area contributed by atoms with E-state index in [-0.39, 0.29) is 18.7 Å². The Morgan fingerprint density at radius 1 is 1.08 bits per heavy atom. The van der Waals surface area contributed by atoms with E-state index in [0.29, 0.717) is 6.07 Å². The van der Waals surface area contributed by atoms with Crippen LogP contribution in [0.2, 0.25) is 0 Å². The summed E-state index contributed by atoms with van der Waals surface area (Å²) in [6.45, 7) is -0.909. The molecule has 0 unspecified atom stereocenters. The van der Waals surface area contributed by atoms with Crippen LogP contribution in [0.5, 0.6) is 0 Å². The molecule has 0 saturated carbocycles. The molecule has 0 aliphatic rings. The lowest BCUT2D eigenvalue weighted by Crippen LogP contribution is -2.36. The molecule has 0 aromatic heterocycles. The van der Waals surface area contributed by atoms with Gasteiger partial charge in [0.15, 0.2) is 6.61 Å². The first-order valence-electron chi connectivity index (χ1n) is 7.48. The first kappa shape index (κ1) is 19.0. The zero-order valence-corrected chi connectivity index (χ0v) is 13.4. The number of hydrogen-bond donors (Lipinski definition) is 0. The number of carbonyl (C=O) groups is 2. The van der Waals surface area contributed by atoms with Crippen molar-refractivity contribution in [2.75, 3.05) is 18.1 Å². The zero-order valence-electron chi connectivity index (χ0n) is 13.4. The molecule has 0 heterocycles. The number of rotatable bonds is 6. The molecule has 0 N–H and O–H groups in total. The maximum absolute atomic E-state index is 13.9. The molecule has 26 heavy (non-hydrogen) atoms. The van der Waals surface area contributed by atoms with Gasteiger partial charge in [-0.15, -0.1) is 0 Å². The summed E-state index contributed by atoms with van der Waals surface area (Å²) in [4.78, 5) is 25.1. The summed E-state index contributed by atoms with van der Waals surface area (Å²) < 4.78 is 45.1. The van der Waals surface area contributed by atoms with Crippen molar-refractivity contribution in [3.8, 4) is 6.07 Å². The highest BCUT2D eigenvalue weighted by molar-refractivity contribution is 5.97. The van der Waals surface area contributed by atoms with Gasteiger partial charge in [0.2, 0.25) is 0 Å². The van der Waals surface area contributed by atoms with Gasteiger partial charge in [-0.05, 0) is 24.3 Å². The number of anilines is 1. The van der Waals surface area contributed by atoms with Crippen LogP contribution in [0.3, 0.4) is 0 Å².